The van der Waals surface area contributed by atoms with Crippen LogP contribution in [0.4, 0.5) is 0 Å². The summed E-state index contributed by atoms with van der Waals surface area (Å²) in [4.78, 5) is 16.7. The standard InChI is InChI=1S/C26H22ClNO4/c1-3-30-24-14-18(10-11-23(24)31-16-19-7-4-6-17(2)12-19)13-22-26(29)32-25(28-22)20-8-5-9-21(27)15-20/h4-15H,3,16H2,1-2H3. The molecule has 1 heterocycles. The maximum absolute atomic E-state index is 12.3. The predicted molar refractivity (Wildman–Crippen MR) is 125 cm³/mol. The third-order valence-corrected chi connectivity index (χ3v) is 4.97. The number of benzene rings is 3. The van der Waals surface area contributed by atoms with Gasteiger partial charge < -0.3 is 14.2 Å². The topological polar surface area (TPSA) is 57.1 Å². The van der Waals surface area contributed by atoms with E-state index in [1.807, 2.05) is 50.2 Å². The molecule has 0 amide bonds. The fraction of sp³-hybridized carbons (Fsp3) is 0.154. The minimum Gasteiger partial charge on any atom is -0.490 e. The summed E-state index contributed by atoms with van der Waals surface area (Å²) < 4.78 is 17.1. The molecule has 5 nitrogen and oxygen atoms in total. The summed E-state index contributed by atoms with van der Waals surface area (Å²) in [5, 5.41) is 0.543. The first-order valence-corrected chi connectivity index (χ1v) is 10.6. The van der Waals surface area contributed by atoms with Crippen LogP contribution in [0.15, 0.2) is 77.4 Å². The van der Waals surface area contributed by atoms with Gasteiger partial charge in [-0.05, 0) is 61.4 Å². The quantitative estimate of drug-likeness (QED) is 0.330. The first kappa shape index (κ1) is 21.7. The van der Waals surface area contributed by atoms with Crippen LogP contribution in [0.3, 0.4) is 0 Å². The second kappa shape index (κ2) is 9.71. The maximum Gasteiger partial charge on any atom is 0.363 e. The lowest BCUT2D eigenvalue weighted by Gasteiger charge is -2.13. The van der Waals surface area contributed by atoms with Gasteiger partial charge in [0.15, 0.2) is 17.2 Å². The van der Waals surface area contributed by atoms with Crippen molar-refractivity contribution in [3.05, 3.63) is 99.7 Å². The number of cyclic esters (lactones) is 1. The van der Waals surface area contributed by atoms with Crippen LogP contribution < -0.4 is 9.47 Å². The lowest BCUT2D eigenvalue weighted by molar-refractivity contribution is -0.129. The minimum absolute atomic E-state index is 0.204. The highest BCUT2D eigenvalue weighted by Gasteiger charge is 2.24. The molecule has 3 aromatic rings. The number of nitrogens with zero attached hydrogens (tertiary/aromatic N) is 1. The van der Waals surface area contributed by atoms with Gasteiger partial charge in [0.05, 0.1) is 6.61 Å². The Labute approximate surface area is 191 Å². The lowest BCUT2D eigenvalue weighted by Crippen LogP contribution is -2.05. The zero-order valence-corrected chi connectivity index (χ0v) is 18.6. The molecule has 0 saturated carbocycles. The molecule has 3 aromatic carbocycles. The number of esters is 1. The van der Waals surface area contributed by atoms with Crippen LogP contribution in [0.1, 0.15) is 29.2 Å². The van der Waals surface area contributed by atoms with Crippen LogP contribution in [-0.4, -0.2) is 18.5 Å². The summed E-state index contributed by atoms with van der Waals surface area (Å²) in [6, 6.07) is 20.7. The van der Waals surface area contributed by atoms with E-state index in [0.717, 1.165) is 11.1 Å². The van der Waals surface area contributed by atoms with Gasteiger partial charge in [-0.15, -0.1) is 0 Å². The van der Waals surface area contributed by atoms with Gasteiger partial charge in [0, 0.05) is 10.6 Å². The molecule has 162 valence electrons. The highest BCUT2D eigenvalue weighted by Crippen LogP contribution is 2.31. The Kier molecular flexibility index (Phi) is 6.57. The molecule has 0 saturated heterocycles. The summed E-state index contributed by atoms with van der Waals surface area (Å²) in [5.74, 6) is 0.942. The first-order valence-electron chi connectivity index (χ1n) is 10.3. The Morgan fingerprint density at radius 3 is 2.62 bits per heavy atom. The van der Waals surface area contributed by atoms with Crippen molar-refractivity contribution in [3.8, 4) is 11.5 Å². The molecule has 0 spiro atoms. The van der Waals surface area contributed by atoms with Gasteiger partial charge in [-0.3, -0.25) is 0 Å². The number of hydrogen-bond acceptors (Lipinski definition) is 5. The van der Waals surface area contributed by atoms with Crippen molar-refractivity contribution in [1.82, 2.24) is 0 Å². The van der Waals surface area contributed by atoms with Gasteiger partial charge >= 0.3 is 5.97 Å². The van der Waals surface area contributed by atoms with E-state index in [0.29, 0.717) is 35.3 Å². The molecule has 4 rings (SSSR count). The molecule has 6 heteroatoms. The molecule has 1 aliphatic rings. The smallest absolute Gasteiger partial charge is 0.363 e. The molecular formula is C26H22ClNO4. The number of carbonyl (C=O) groups is 1. The third-order valence-electron chi connectivity index (χ3n) is 4.74. The van der Waals surface area contributed by atoms with Gasteiger partial charge in [-0.25, -0.2) is 9.79 Å². The van der Waals surface area contributed by atoms with Gasteiger partial charge in [-0.1, -0.05) is 53.6 Å². The monoisotopic (exact) mass is 447 g/mol. The van der Waals surface area contributed by atoms with Crippen LogP contribution in [0.2, 0.25) is 5.02 Å². The molecule has 0 aromatic heterocycles. The van der Waals surface area contributed by atoms with Crippen LogP contribution in [0.25, 0.3) is 6.08 Å². The van der Waals surface area contributed by atoms with E-state index in [4.69, 9.17) is 25.8 Å². The number of ether oxygens (including phenoxy) is 3. The number of rotatable bonds is 7. The summed E-state index contributed by atoms with van der Waals surface area (Å²) in [7, 11) is 0. The number of halogens is 1. The second-order valence-electron chi connectivity index (χ2n) is 7.26. The molecule has 0 aliphatic carbocycles. The zero-order valence-electron chi connectivity index (χ0n) is 17.8. The molecule has 0 bridgehead atoms. The maximum atomic E-state index is 12.3. The van der Waals surface area contributed by atoms with Crippen molar-refractivity contribution in [2.45, 2.75) is 20.5 Å². The zero-order chi connectivity index (χ0) is 22.5. The SMILES string of the molecule is CCOc1cc(C=C2N=C(c3cccc(Cl)c3)OC2=O)ccc1OCc1cccc(C)c1. The average molecular weight is 448 g/mol. The Morgan fingerprint density at radius 2 is 1.84 bits per heavy atom. The average Bonchev–Trinajstić information content (AvgIpc) is 3.14. The van der Waals surface area contributed by atoms with Gasteiger partial charge in [0.2, 0.25) is 5.90 Å². The Bertz CT molecular complexity index is 1220. The van der Waals surface area contributed by atoms with Gasteiger partial charge in [-0.2, -0.15) is 0 Å². The number of aliphatic imine (C=N–C) groups is 1. The summed E-state index contributed by atoms with van der Waals surface area (Å²) >= 11 is 6.02. The molecule has 0 fully saturated rings. The van der Waals surface area contributed by atoms with E-state index < -0.39 is 5.97 Å². The Morgan fingerprint density at radius 1 is 1.00 bits per heavy atom. The Hall–Kier alpha value is -3.57. The highest BCUT2D eigenvalue weighted by molar-refractivity contribution is 6.31. The molecular weight excluding hydrogens is 426 g/mol. The molecule has 0 unspecified atom stereocenters. The highest BCUT2D eigenvalue weighted by atomic mass is 35.5. The summed E-state index contributed by atoms with van der Waals surface area (Å²) in [6.07, 6.45) is 1.66. The molecule has 1 aliphatic heterocycles. The van der Waals surface area contributed by atoms with Crippen molar-refractivity contribution >= 4 is 29.5 Å². The number of hydrogen-bond donors (Lipinski definition) is 0. The summed E-state index contributed by atoms with van der Waals surface area (Å²) in [6.45, 7) is 4.87. The fourth-order valence-electron chi connectivity index (χ4n) is 3.28. The molecule has 0 N–H and O–H groups in total. The van der Waals surface area contributed by atoms with Crippen molar-refractivity contribution in [2.75, 3.05) is 6.61 Å². The fourth-order valence-corrected chi connectivity index (χ4v) is 3.47. The number of aryl methyl sites for hydroxylation is 1. The molecule has 0 radical (unpaired) electrons. The predicted octanol–water partition coefficient (Wildman–Crippen LogP) is 5.97. The van der Waals surface area contributed by atoms with Crippen molar-refractivity contribution in [3.63, 3.8) is 0 Å². The van der Waals surface area contributed by atoms with Crippen molar-refractivity contribution < 1.29 is 19.0 Å². The Balaban J connectivity index is 1.56. The third kappa shape index (κ3) is 5.18. The molecule has 0 atom stereocenters. The van der Waals surface area contributed by atoms with Crippen molar-refractivity contribution in [2.24, 2.45) is 4.99 Å². The van der Waals surface area contributed by atoms with Crippen LogP contribution in [-0.2, 0) is 16.1 Å². The second-order valence-corrected chi connectivity index (χ2v) is 7.70. The molecule has 32 heavy (non-hydrogen) atoms. The van der Waals surface area contributed by atoms with Crippen LogP contribution in [0.5, 0.6) is 11.5 Å². The van der Waals surface area contributed by atoms with Gasteiger partial charge in [0.25, 0.3) is 0 Å². The van der Waals surface area contributed by atoms with E-state index in [9.17, 15) is 4.79 Å². The van der Waals surface area contributed by atoms with Crippen molar-refractivity contribution in [1.29, 1.82) is 0 Å². The number of carbonyl (C=O) groups excluding carboxylic acids is 1. The first-order chi connectivity index (χ1) is 15.5. The van der Waals surface area contributed by atoms with E-state index >= 15 is 0 Å². The normalized spacial score (nSPS) is 14.3. The van der Waals surface area contributed by atoms with E-state index in [1.54, 1.807) is 30.3 Å². The van der Waals surface area contributed by atoms with E-state index in [1.165, 1.54) is 5.56 Å². The van der Waals surface area contributed by atoms with Gasteiger partial charge in [0.1, 0.15) is 6.61 Å². The van der Waals surface area contributed by atoms with E-state index in [2.05, 4.69) is 11.1 Å². The van der Waals surface area contributed by atoms with Crippen LogP contribution >= 0.6 is 11.6 Å². The summed E-state index contributed by atoms with van der Waals surface area (Å²) in [5.41, 5.74) is 3.86. The van der Waals surface area contributed by atoms with Crippen LogP contribution in [0, 0.1) is 6.92 Å². The van der Waals surface area contributed by atoms with E-state index in [-0.39, 0.29) is 11.6 Å². The minimum atomic E-state index is -0.516. The largest absolute Gasteiger partial charge is 0.490 e. The lowest BCUT2D eigenvalue weighted by atomic mass is 10.1.